The topological polar surface area (TPSA) is 91.4 Å². The van der Waals surface area contributed by atoms with Gasteiger partial charge in [-0.1, -0.05) is 18.9 Å². The summed E-state index contributed by atoms with van der Waals surface area (Å²) < 4.78 is 43.0. The van der Waals surface area contributed by atoms with Gasteiger partial charge in [-0.05, 0) is 37.0 Å². The van der Waals surface area contributed by atoms with E-state index in [2.05, 4.69) is 0 Å². The Morgan fingerprint density at radius 2 is 2.00 bits per heavy atom. The fourth-order valence-corrected chi connectivity index (χ4v) is 4.11. The van der Waals surface area contributed by atoms with Gasteiger partial charge in [-0.2, -0.15) is 0 Å². The first-order valence-corrected chi connectivity index (χ1v) is 10.1. The second kappa shape index (κ2) is 9.93. The molecule has 8 nitrogen and oxygen atoms in total. The summed E-state index contributed by atoms with van der Waals surface area (Å²) in [6, 6.07) is 4.59. The molecule has 0 spiro atoms. The van der Waals surface area contributed by atoms with Gasteiger partial charge in [0.1, 0.15) is 0 Å². The number of imide groups is 1. The van der Waals surface area contributed by atoms with Crippen LogP contribution in [0.5, 0.6) is 11.5 Å². The number of esters is 1. The first kappa shape index (κ1) is 18.2. The number of carbonyl (C=O) groups is 3. The van der Waals surface area contributed by atoms with E-state index in [0.29, 0.717) is 31.6 Å². The van der Waals surface area contributed by atoms with Crippen molar-refractivity contribution in [1.82, 2.24) is 4.90 Å². The molecule has 1 aromatic carbocycles. The highest BCUT2D eigenvalue weighted by Crippen LogP contribution is 2.31. The van der Waals surface area contributed by atoms with Gasteiger partial charge in [0.25, 0.3) is 5.91 Å². The lowest BCUT2D eigenvalue weighted by Crippen LogP contribution is -2.50. The van der Waals surface area contributed by atoms with Crippen LogP contribution in [0.2, 0.25) is 0 Å². The summed E-state index contributed by atoms with van der Waals surface area (Å²) in [5, 5.41) is 0. The van der Waals surface area contributed by atoms with Crippen molar-refractivity contribution in [1.29, 1.82) is 0 Å². The Bertz CT molecular complexity index is 889. The van der Waals surface area contributed by atoms with Crippen LogP contribution in [-0.2, 0) is 30.3 Å². The van der Waals surface area contributed by atoms with E-state index < -0.39 is 25.0 Å². The van der Waals surface area contributed by atoms with Crippen LogP contribution in [-0.4, -0.2) is 61.7 Å². The molecular formula is C22H29NO7. The third-order valence-electron chi connectivity index (χ3n) is 5.51. The number of hydrogen-bond donors (Lipinski definition) is 0. The molecular weight excluding hydrogens is 390 g/mol. The van der Waals surface area contributed by atoms with Crippen molar-refractivity contribution in [2.24, 2.45) is 0 Å². The standard InChI is InChI=1S/C22H29NO7/c1-14(24)30-20-13-21(25)23(22(20)26)16-6-4-5-7-17(16)29-11-10-15-8-9-18(27-2)19(12-15)28-3/h8-9,12,16-17,20H,4-7,10-11,13H2,1-3H3/t16-,17-,20-/m1/s1/i2D3. The SMILES string of the molecule is [2H]C([2H])([2H])Oc1ccc(CCO[C@@H]2CCCC[C@H]2N2C(=O)C[C@@H](OC(C)=O)C2=O)cc1OC. The first-order valence-electron chi connectivity index (χ1n) is 11.6. The van der Waals surface area contributed by atoms with Gasteiger partial charge in [-0.25, -0.2) is 0 Å². The minimum Gasteiger partial charge on any atom is -0.493 e. The molecule has 0 unspecified atom stereocenters. The lowest BCUT2D eigenvalue weighted by Gasteiger charge is -2.36. The van der Waals surface area contributed by atoms with Gasteiger partial charge in [0.2, 0.25) is 5.91 Å². The number of nitrogens with zero attached hydrogens (tertiary/aromatic N) is 1. The minimum absolute atomic E-state index is 0.128. The Kier molecular flexibility index (Phi) is 6.02. The zero-order valence-electron chi connectivity index (χ0n) is 20.2. The van der Waals surface area contributed by atoms with Crippen molar-refractivity contribution in [3.63, 3.8) is 0 Å². The molecule has 3 atom stereocenters. The number of methoxy groups -OCH3 is 2. The summed E-state index contributed by atoms with van der Waals surface area (Å²) in [5.74, 6) is -0.983. The average molecular weight is 422 g/mol. The molecule has 2 amide bonds. The van der Waals surface area contributed by atoms with Crippen molar-refractivity contribution >= 4 is 17.8 Å². The number of amides is 2. The van der Waals surface area contributed by atoms with Crippen molar-refractivity contribution in [2.45, 2.75) is 63.7 Å². The predicted molar refractivity (Wildman–Crippen MR) is 107 cm³/mol. The van der Waals surface area contributed by atoms with Gasteiger partial charge in [-0.15, -0.1) is 0 Å². The van der Waals surface area contributed by atoms with E-state index in [1.165, 1.54) is 18.9 Å². The molecule has 1 aliphatic carbocycles. The van der Waals surface area contributed by atoms with Crippen molar-refractivity contribution in [3.05, 3.63) is 23.8 Å². The highest BCUT2D eigenvalue weighted by atomic mass is 16.5. The van der Waals surface area contributed by atoms with Gasteiger partial charge >= 0.3 is 5.97 Å². The summed E-state index contributed by atoms with van der Waals surface area (Å²) in [6.45, 7) is 1.55. The largest absolute Gasteiger partial charge is 0.493 e. The van der Waals surface area contributed by atoms with Gasteiger partial charge in [0, 0.05) is 6.92 Å². The summed E-state index contributed by atoms with van der Waals surface area (Å²) >= 11 is 0. The molecule has 164 valence electrons. The molecule has 2 aliphatic rings. The van der Waals surface area contributed by atoms with Crippen LogP contribution in [0.3, 0.4) is 0 Å². The highest BCUT2D eigenvalue weighted by molar-refractivity contribution is 6.06. The Labute approximate surface area is 180 Å². The molecule has 2 fully saturated rings. The molecule has 30 heavy (non-hydrogen) atoms. The summed E-state index contributed by atoms with van der Waals surface area (Å²) in [6.07, 6.45) is 2.20. The van der Waals surface area contributed by atoms with Gasteiger partial charge in [0.15, 0.2) is 17.6 Å². The van der Waals surface area contributed by atoms with E-state index in [0.717, 1.165) is 18.4 Å². The number of carbonyl (C=O) groups excluding carboxylic acids is 3. The fraction of sp³-hybridized carbons (Fsp3) is 0.591. The number of ether oxygens (including phenoxy) is 4. The third kappa shape index (κ3) is 4.92. The Balaban J connectivity index is 1.61. The molecule has 0 bridgehead atoms. The fourth-order valence-electron chi connectivity index (χ4n) is 4.11. The number of rotatable bonds is 8. The maximum absolute atomic E-state index is 12.7. The Morgan fingerprint density at radius 1 is 1.20 bits per heavy atom. The third-order valence-corrected chi connectivity index (χ3v) is 5.51. The van der Waals surface area contributed by atoms with Crippen molar-refractivity contribution in [2.75, 3.05) is 20.8 Å². The normalized spacial score (nSPS) is 26.0. The van der Waals surface area contributed by atoms with Crippen LogP contribution in [0.1, 0.15) is 48.7 Å². The van der Waals surface area contributed by atoms with E-state index in [1.807, 2.05) is 0 Å². The quantitative estimate of drug-likeness (QED) is 0.469. The van der Waals surface area contributed by atoms with Gasteiger partial charge in [0.05, 0.1) is 43.4 Å². The van der Waals surface area contributed by atoms with Crippen molar-refractivity contribution < 1.29 is 37.4 Å². The monoisotopic (exact) mass is 422 g/mol. The highest BCUT2D eigenvalue weighted by Gasteiger charge is 2.47. The molecule has 8 heteroatoms. The lowest BCUT2D eigenvalue weighted by molar-refractivity contribution is -0.158. The number of benzene rings is 1. The smallest absolute Gasteiger partial charge is 0.303 e. The van der Waals surface area contributed by atoms with Crippen LogP contribution in [0.4, 0.5) is 0 Å². The van der Waals surface area contributed by atoms with Crippen molar-refractivity contribution in [3.8, 4) is 11.5 Å². The maximum atomic E-state index is 12.7. The number of hydrogen-bond acceptors (Lipinski definition) is 7. The summed E-state index contributed by atoms with van der Waals surface area (Å²) in [4.78, 5) is 37.7. The zero-order chi connectivity index (χ0) is 24.2. The predicted octanol–water partition coefficient (Wildman–Crippen LogP) is 2.26. The Morgan fingerprint density at radius 3 is 2.73 bits per heavy atom. The first-order chi connectivity index (χ1) is 15.6. The van der Waals surface area contributed by atoms with Crippen LogP contribution < -0.4 is 9.47 Å². The van der Waals surface area contributed by atoms with E-state index in [9.17, 15) is 14.4 Å². The van der Waals surface area contributed by atoms with Gasteiger partial charge < -0.3 is 18.9 Å². The Hall–Kier alpha value is -2.61. The zero-order valence-corrected chi connectivity index (χ0v) is 17.2. The van der Waals surface area contributed by atoms with E-state index in [1.54, 1.807) is 18.2 Å². The summed E-state index contributed by atoms with van der Waals surface area (Å²) in [7, 11) is -1.14. The molecule has 1 heterocycles. The molecule has 0 radical (unpaired) electrons. The molecule has 0 N–H and O–H groups in total. The molecule has 1 aliphatic heterocycles. The average Bonchev–Trinajstić information content (AvgIpc) is 3.00. The lowest BCUT2D eigenvalue weighted by atomic mass is 9.91. The molecule has 1 saturated heterocycles. The summed E-state index contributed by atoms with van der Waals surface area (Å²) in [5.41, 5.74) is 0.861. The molecule has 1 saturated carbocycles. The van der Waals surface area contributed by atoms with E-state index >= 15 is 0 Å². The van der Waals surface area contributed by atoms with Gasteiger partial charge in [-0.3, -0.25) is 19.3 Å². The molecule has 3 rings (SSSR count). The van der Waals surface area contributed by atoms with Crippen LogP contribution in [0.25, 0.3) is 0 Å². The van der Waals surface area contributed by atoms with E-state index in [4.69, 9.17) is 23.1 Å². The molecule has 0 aromatic heterocycles. The van der Waals surface area contributed by atoms with Crippen LogP contribution >= 0.6 is 0 Å². The number of likely N-dealkylation sites (tertiary alicyclic amines) is 1. The maximum Gasteiger partial charge on any atom is 0.303 e. The second-order valence-corrected chi connectivity index (χ2v) is 7.50. The van der Waals surface area contributed by atoms with Crippen LogP contribution in [0.15, 0.2) is 18.2 Å². The minimum atomic E-state index is -2.58. The van der Waals surface area contributed by atoms with E-state index in [-0.39, 0.29) is 30.2 Å². The van der Waals surface area contributed by atoms with Crippen LogP contribution in [0, 0.1) is 0 Å². The second-order valence-electron chi connectivity index (χ2n) is 7.50. The molecule has 1 aromatic rings.